The highest BCUT2D eigenvalue weighted by atomic mass is 35.5. The molecule has 0 aliphatic rings. The first kappa shape index (κ1) is 19.3. The second kappa shape index (κ2) is 9.00. The van der Waals surface area contributed by atoms with Gasteiger partial charge in [-0.2, -0.15) is 0 Å². The first-order chi connectivity index (χ1) is 14.2. The highest BCUT2D eigenvalue weighted by Gasteiger charge is 2.08. The van der Waals surface area contributed by atoms with Crippen LogP contribution in [0.4, 0.5) is 22.2 Å². The van der Waals surface area contributed by atoms with Gasteiger partial charge in [-0.3, -0.25) is 0 Å². The van der Waals surface area contributed by atoms with Gasteiger partial charge < -0.3 is 16.0 Å². The van der Waals surface area contributed by atoms with Gasteiger partial charge in [0.1, 0.15) is 5.01 Å². The summed E-state index contributed by atoms with van der Waals surface area (Å²) in [6, 6.07) is 25.1. The molecule has 0 fully saturated rings. The molecule has 8 heteroatoms. The summed E-state index contributed by atoms with van der Waals surface area (Å²) in [6.07, 6.45) is 0. The third-order valence-corrected chi connectivity index (χ3v) is 5.29. The molecule has 5 nitrogen and oxygen atoms in total. The Balaban J connectivity index is 1.38. The largest absolute Gasteiger partial charge is 0.332 e. The van der Waals surface area contributed by atoms with Gasteiger partial charge in [0.2, 0.25) is 5.13 Å². The molecule has 0 spiro atoms. The van der Waals surface area contributed by atoms with Gasteiger partial charge in [-0.15, -0.1) is 10.2 Å². The van der Waals surface area contributed by atoms with Crippen LogP contribution in [0, 0.1) is 0 Å². The normalized spacial score (nSPS) is 10.4. The topological polar surface area (TPSA) is 61.9 Å². The standard InChI is InChI=1S/C21H16ClN5S2/c22-15-8-12-18(13-9-15)25-21-27-26-19(29-21)14-6-10-17(11-7-14)24-20(28)23-16-4-2-1-3-5-16/h1-13H,(H,25,27)(H2,23,24,28). The molecule has 1 aromatic heterocycles. The molecule has 3 N–H and O–H groups in total. The van der Waals surface area contributed by atoms with Crippen molar-refractivity contribution < 1.29 is 0 Å². The summed E-state index contributed by atoms with van der Waals surface area (Å²) in [5, 5.41) is 20.8. The van der Waals surface area contributed by atoms with E-state index in [4.69, 9.17) is 23.8 Å². The lowest BCUT2D eigenvalue weighted by molar-refractivity contribution is 1.10. The molecule has 4 rings (SSSR count). The second-order valence-electron chi connectivity index (χ2n) is 6.07. The molecule has 4 aromatic rings. The highest BCUT2D eigenvalue weighted by Crippen LogP contribution is 2.29. The summed E-state index contributed by atoms with van der Waals surface area (Å²) in [7, 11) is 0. The van der Waals surface area contributed by atoms with E-state index in [9.17, 15) is 0 Å². The van der Waals surface area contributed by atoms with Gasteiger partial charge in [-0.25, -0.2) is 0 Å². The van der Waals surface area contributed by atoms with Gasteiger partial charge in [0.05, 0.1) is 0 Å². The predicted molar refractivity (Wildman–Crippen MR) is 126 cm³/mol. The van der Waals surface area contributed by atoms with Crippen LogP contribution in [0.2, 0.25) is 5.02 Å². The zero-order valence-electron chi connectivity index (χ0n) is 15.1. The van der Waals surface area contributed by atoms with E-state index in [-0.39, 0.29) is 0 Å². The summed E-state index contributed by atoms with van der Waals surface area (Å²) < 4.78 is 0. The quantitative estimate of drug-likeness (QED) is 0.313. The van der Waals surface area contributed by atoms with Crippen molar-refractivity contribution in [2.75, 3.05) is 16.0 Å². The van der Waals surface area contributed by atoms with E-state index in [1.807, 2.05) is 78.9 Å². The Morgan fingerprint density at radius 3 is 2.07 bits per heavy atom. The molecule has 0 aliphatic carbocycles. The molecule has 3 aromatic carbocycles. The molecule has 0 saturated heterocycles. The SMILES string of the molecule is S=C(Nc1ccccc1)Nc1ccc(-c2nnc(Nc3ccc(Cl)cc3)s2)cc1. The van der Waals surface area contributed by atoms with Crippen LogP contribution in [0.15, 0.2) is 78.9 Å². The molecular formula is C21H16ClN5S2. The molecule has 0 bridgehead atoms. The monoisotopic (exact) mass is 437 g/mol. The Morgan fingerprint density at radius 1 is 0.759 bits per heavy atom. The van der Waals surface area contributed by atoms with E-state index >= 15 is 0 Å². The fourth-order valence-corrected chi connectivity index (χ4v) is 3.69. The Hall–Kier alpha value is -3.00. The van der Waals surface area contributed by atoms with Crippen LogP contribution in [0.25, 0.3) is 10.6 Å². The fourth-order valence-electron chi connectivity index (χ4n) is 2.56. The van der Waals surface area contributed by atoms with Crippen LogP contribution in [0.5, 0.6) is 0 Å². The summed E-state index contributed by atoms with van der Waals surface area (Å²) in [5.41, 5.74) is 3.73. The van der Waals surface area contributed by atoms with Crippen LogP contribution >= 0.6 is 35.2 Å². The number of halogens is 1. The molecule has 0 saturated carbocycles. The zero-order valence-corrected chi connectivity index (χ0v) is 17.5. The maximum atomic E-state index is 5.91. The summed E-state index contributed by atoms with van der Waals surface area (Å²) in [6.45, 7) is 0. The molecule has 0 radical (unpaired) electrons. The Morgan fingerprint density at radius 2 is 1.38 bits per heavy atom. The molecule has 0 aliphatic heterocycles. The van der Waals surface area contributed by atoms with Crippen LogP contribution in [0.3, 0.4) is 0 Å². The van der Waals surface area contributed by atoms with Gasteiger partial charge in [-0.1, -0.05) is 41.1 Å². The van der Waals surface area contributed by atoms with Crippen molar-refractivity contribution in [1.82, 2.24) is 10.2 Å². The first-order valence-corrected chi connectivity index (χ1v) is 10.4. The van der Waals surface area contributed by atoms with Crippen molar-refractivity contribution in [1.29, 1.82) is 0 Å². The lowest BCUT2D eigenvalue weighted by atomic mass is 10.2. The number of aromatic nitrogens is 2. The van der Waals surface area contributed by atoms with Crippen molar-refractivity contribution in [3.63, 3.8) is 0 Å². The minimum absolute atomic E-state index is 0.536. The van der Waals surface area contributed by atoms with Crippen molar-refractivity contribution in [3.05, 3.63) is 83.9 Å². The summed E-state index contributed by atoms with van der Waals surface area (Å²) in [5.74, 6) is 0. The third kappa shape index (κ3) is 5.29. The van der Waals surface area contributed by atoms with E-state index in [2.05, 4.69) is 26.1 Å². The van der Waals surface area contributed by atoms with Gasteiger partial charge in [0.15, 0.2) is 5.11 Å². The number of anilines is 4. The van der Waals surface area contributed by atoms with Crippen LogP contribution in [-0.4, -0.2) is 15.3 Å². The van der Waals surface area contributed by atoms with E-state index in [1.165, 1.54) is 11.3 Å². The molecular weight excluding hydrogens is 422 g/mol. The van der Waals surface area contributed by atoms with Gasteiger partial charge in [-0.05, 0) is 72.9 Å². The maximum absolute atomic E-state index is 5.91. The second-order valence-corrected chi connectivity index (χ2v) is 7.89. The number of benzene rings is 3. The molecule has 0 amide bonds. The summed E-state index contributed by atoms with van der Waals surface area (Å²) >= 11 is 12.8. The van der Waals surface area contributed by atoms with Gasteiger partial charge in [0.25, 0.3) is 0 Å². The first-order valence-electron chi connectivity index (χ1n) is 8.75. The van der Waals surface area contributed by atoms with Gasteiger partial charge in [0, 0.05) is 27.6 Å². The van der Waals surface area contributed by atoms with Gasteiger partial charge >= 0.3 is 0 Å². The number of thiocarbonyl (C=S) groups is 1. The molecule has 144 valence electrons. The van der Waals surface area contributed by atoms with E-state index in [0.29, 0.717) is 10.1 Å². The number of hydrogen-bond donors (Lipinski definition) is 3. The molecule has 0 unspecified atom stereocenters. The van der Waals surface area contributed by atoms with Crippen LogP contribution in [0.1, 0.15) is 0 Å². The van der Waals surface area contributed by atoms with Crippen molar-refractivity contribution in [3.8, 4) is 10.6 Å². The van der Waals surface area contributed by atoms with Crippen molar-refractivity contribution in [2.24, 2.45) is 0 Å². The van der Waals surface area contributed by atoms with Crippen molar-refractivity contribution in [2.45, 2.75) is 0 Å². The van der Waals surface area contributed by atoms with Crippen molar-refractivity contribution >= 4 is 62.5 Å². The lowest BCUT2D eigenvalue weighted by Gasteiger charge is -2.10. The predicted octanol–water partition coefficient (Wildman–Crippen LogP) is 6.41. The van der Waals surface area contributed by atoms with E-state index in [1.54, 1.807) is 0 Å². The summed E-state index contributed by atoms with van der Waals surface area (Å²) in [4.78, 5) is 0. The number of rotatable bonds is 5. The van der Waals surface area contributed by atoms with E-state index < -0.39 is 0 Å². The Bertz CT molecular complexity index is 1100. The minimum atomic E-state index is 0.536. The molecule has 1 heterocycles. The average molecular weight is 438 g/mol. The Labute approximate surface area is 182 Å². The average Bonchev–Trinajstić information content (AvgIpc) is 3.19. The van der Waals surface area contributed by atoms with Crippen LogP contribution in [-0.2, 0) is 0 Å². The number of hydrogen-bond acceptors (Lipinski definition) is 5. The number of para-hydroxylation sites is 1. The Kier molecular flexibility index (Phi) is 6.00. The highest BCUT2D eigenvalue weighted by molar-refractivity contribution is 7.80. The lowest BCUT2D eigenvalue weighted by Crippen LogP contribution is -2.18. The third-order valence-electron chi connectivity index (χ3n) is 3.94. The van der Waals surface area contributed by atoms with Crippen LogP contribution < -0.4 is 16.0 Å². The molecule has 29 heavy (non-hydrogen) atoms. The van der Waals surface area contributed by atoms with E-state index in [0.717, 1.165) is 32.8 Å². The molecule has 0 atom stereocenters. The maximum Gasteiger partial charge on any atom is 0.210 e. The minimum Gasteiger partial charge on any atom is -0.332 e. The number of nitrogens with one attached hydrogen (secondary N) is 3. The smallest absolute Gasteiger partial charge is 0.210 e. The number of nitrogens with zero attached hydrogens (tertiary/aromatic N) is 2. The zero-order chi connectivity index (χ0) is 20.1. The fraction of sp³-hybridized carbons (Fsp3) is 0.